The van der Waals surface area contributed by atoms with Gasteiger partial charge in [-0.25, -0.2) is 0 Å². The van der Waals surface area contributed by atoms with Gasteiger partial charge in [-0.15, -0.1) is 0 Å². The second kappa shape index (κ2) is 9.62. The molecule has 0 spiro atoms. The second-order valence-corrected chi connectivity index (χ2v) is 7.83. The number of pyridine rings is 1. The third-order valence-corrected chi connectivity index (χ3v) is 5.37. The summed E-state index contributed by atoms with van der Waals surface area (Å²) in [5, 5.41) is 3.49. The van der Waals surface area contributed by atoms with E-state index in [-0.39, 0.29) is 24.2 Å². The molecule has 3 aromatic rings. The van der Waals surface area contributed by atoms with Crippen LogP contribution in [-0.2, 0) is 22.7 Å². The molecule has 7 heteroatoms. The number of halogens is 1. The third kappa shape index (κ3) is 5.41. The maximum absolute atomic E-state index is 12.6. The Morgan fingerprint density at radius 1 is 1.13 bits per heavy atom. The topological polar surface area (TPSA) is 71.5 Å². The fraction of sp³-hybridized carbons (Fsp3) is 0.208. The average molecular weight is 436 g/mol. The zero-order valence-corrected chi connectivity index (χ0v) is 17.6. The van der Waals surface area contributed by atoms with Crippen molar-refractivity contribution in [2.75, 3.05) is 11.4 Å². The Labute approximate surface area is 185 Å². The van der Waals surface area contributed by atoms with E-state index in [1.165, 1.54) is 0 Å². The van der Waals surface area contributed by atoms with Crippen molar-refractivity contribution in [3.8, 4) is 5.75 Å². The number of rotatable bonds is 7. The van der Waals surface area contributed by atoms with Crippen LogP contribution in [0.15, 0.2) is 73.1 Å². The van der Waals surface area contributed by atoms with Crippen molar-refractivity contribution < 1.29 is 14.3 Å². The first-order valence-electron chi connectivity index (χ1n) is 10.0. The van der Waals surface area contributed by atoms with Crippen LogP contribution in [0.4, 0.5) is 5.69 Å². The standard InChI is InChI=1S/C24H22ClN3O3/c25-20-4-1-5-21(12-20)28-15-19(11-23(28)29)24(30)27-14-17-6-8-22(9-7-17)31-16-18-3-2-10-26-13-18/h1-10,12-13,19H,11,14-16H2,(H,27,30). The summed E-state index contributed by atoms with van der Waals surface area (Å²) in [6, 6.07) is 18.5. The van der Waals surface area contributed by atoms with Gasteiger partial charge in [0.1, 0.15) is 12.4 Å². The zero-order chi connectivity index (χ0) is 21.6. The van der Waals surface area contributed by atoms with Gasteiger partial charge in [0.05, 0.1) is 5.92 Å². The molecule has 1 fully saturated rings. The van der Waals surface area contributed by atoms with E-state index in [2.05, 4.69) is 10.3 Å². The quantitative estimate of drug-likeness (QED) is 0.609. The van der Waals surface area contributed by atoms with E-state index in [0.29, 0.717) is 24.7 Å². The van der Waals surface area contributed by atoms with E-state index in [4.69, 9.17) is 16.3 Å². The van der Waals surface area contributed by atoms with E-state index >= 15 is 0 Å². The van der Waals surface area contributed by atoms with E-state index in [1.807, 2.05) is 42.5 Å². The van der Waals surface area contributed by atoms with Crippen LogP contribution in [0, 0.1) is 5.92 Å². The summed E-state index contributed by atoms with van der Waals surface area (Å²) in [7, 11) is 0. The van der Waals surface area contributed by atoms with E-state index in [1.54, 1.807) is 35.5 Å². The van der Waals surface area contributed by atoms with Crippen LogP contribution < -0.4 is 15.0 Å². The number of hydrogen-bond acceptors (Lipinski definition) is 4. The first-order valence-corrected chi connectivity index (χ1v) is 10.4. The van der Waals surface area contributed by atoms with Crippen molar-refractivity contribution in [2.24, 2.45) is 5.92 Å². The molecule has 1 aliphatic rings. The Hall–Kier alpha value is -3.38. The molecule has 1 N–H and O–H groups in total. The second-order valence-electron chi connectivity index (χ2n) is 7.40. The summed E-state index contributed by atoms with van der Waals surface area (Å²) in [5.41, 5.74) is 2.67. The molecule has 31 heavy (non-hydrogen) atoms. The highest BCUT2D eigenvalue weighted by Crippen LogP contribution is 2.27. The lowest BCUT2D eigenvalue weighted by atomic mass is 10.1. The summed E-state index contributed by atoms with van der Waals surface area (Å²) in [6.07, 6.45) is 3.69. The number of benzene rings is 2. The molecule has 0 bridgehead atoms. The molecule has 4 rings (SSSR count). The smallest absolute Gasteiger partial charge is 0.227 e. The number of anilines is 1. The summed E-state index contributed by atoms with van der Waals surface area (Å²) < 4.78 is 5.75. The molecule has 2 aromatic carbocycles. The number of carbonyl (C=O) groups is 2. The van der Waals surface area contributed by atoms with Crippen LogP contribution in [0.3, 0.4) is 0 Å². The molecule has 1 aliphatic heterocycles. The molecule has 1 aromatic heterocycles. The number of nitrogens with zero attached hydrogens (tertiary/aromatic N) is 2. The Kier molecular flexibility index (Phi) is 6.48. The number of nitrogens with one attached hydrogen (secondary N) is 1. The summed E-state index contributed by atoms with van der Waals surface area (Å²) in [5.74, 6) is 0.165. The molecular weight excluding hydrogens is 414 g/mol. The molecule has 6 nitrogen and oxygen atoms in total. The van der Waals surface area contributed by atoms with Gasteiger partial charge < -0.3 is 15.0 Å². The van der Waals surface area contributed by atoms with Gasteiger partial charge in [-0.05, 0) is 42.0 Å². The predicted molar refractivity (Wildman–Crippen MR) is 119 cm³/mol. The van der Waals surface area contributed by atoms with Crippen molar-refractivity contribution in [3.05, 3.63) is 89.2 Å². The monoisotopic (exact) mass is 435 g/mol. The third-order valence-electron chi connectivity index (χ3n) is 5.13. The molecular formula is C24H22ClN3O3. The molecule has 1 atom stereocenters. The Balaban J connectivity index is 1.27. The SMILES string of the molecule is O=C(NCc1ccc(OCc2cccnc2)cc1)C1CC(=O)N(c2cccc(Cl)c2)C1. The van der Waals surface area contributed by atoms with E-state index in [9.17, 15) is 9.59 Å². The lowest BCUT2D eigenvalue weighted by molar-refractivity contribution is -0.126. The van der Waals surface area contributed by atoms with Crippen molar-refractivity contribution in [3.63, 3.8) is 0 Å². The van der Waals surface area contributed by atoms with Crippen molar-refractivity contribution in [2.45, 2.75) is 19.6 Å². The number of amides is 2. The maximum Gasteiger partial charge on any atom is 0.227 e. The summed E-state index contributed by atoms with van der Waals surface area (Å²) in [4.78, 5) is 30.6. The molecule has 0 radical (unpaired) electrons. The Morgan fingerprint density at radius 3 is 2.71 bits per heavy atom. The van der Waals surface area contributed by atoms with Crippen LogP contribution >= 0.6 is 11.6 Å². The van der Waals surface area contributed by atoms with E-state index in [0.717, 1.165) is 22.6 Å². The number of aromatic nitrogens is 1. The molecule has 158 valence electrons. The minimum atomic E-state index is -0.381. The fourth-order valence-corrected chi connectivity index (χ4v) is 3.65. The maximum atomic E-state index is 12.6. The number of hydrogen-bond donors (Lipinski definition) is 1. The minimum absolute atomic E-state index is 0.0717. The van der Waals surface area contributed by atoms with Crippen LogP contribution in [-0.4, -0.2) is 23.3 Å². The largest absolute Gasteiger partial charge is 0.489 e. The average Bonchev–Trinajstić information content (AvgIpc) is 3.19. The van der Waals surface area contributed by atoms with Crippen LogP contribution in [0.25, 0.3) is 0 Å². The Morgan fingerprint density at radius 2 is 1.97 bits per heavy atom. The zero-order valence-electron chi connectivity index (χ0n) is 16.8. The lowest BCUT2D eigenvalue weighted by Crippen LogP contribution is -2.32. The van der Waals surface area contributed by atoms with Gasteiger partial charge in [0.25, 0.3) is 0 Å². The highest BCUT2D eigenvalue weighted by Gasteiger charge is 2.35. The highest BCUT2D eigenvalue weighted by molar-refractivity contribution is 6.31. The van der Waals surface area contributed by atoms with Crippen molar-refractivity contribution in [1.82, 2.24) is 10.3 Å². The lowest BCUT2D eigenvalue weighted by Gasteiger charge is -2.17. The van der Waals surface area contributed by atoms with Crippen LogP contribution in [0.5, 0.6) is 5.75 Å². The molecule has 1 saturated heterocycles. The van der Waals surface area contributed by atoms with Crippen molar-refractivity contribution in [1.29, 1.82) is 0 Å². The van der Waals surface area contributed by atoms with Gasteiger partial charge in [0.15, 0.2) is 0 Å². The van der Waals surface area contributed by atoms with Gasteiger partial charge in [-0.3, -0.25) is 14.6 Å². The molecule has 2 heterocycles. The van der Waals surface area contributed by atoms with Crippen LogP contribution in [0.1, 0.15) is 17.5 Å². The van der Waals surface area contributed by atoms with E-state index < -0.39 is 0 Å². The van der Waals surface area contributed by atoms with Gasteiger partial charge in [-0.2, -0.15) is 0 Å². The van der Waals surface area contributed by atoms with Gasteiger partial charge >= 0.3 is 0 Å². The normalized spacial score (nSPS) is 15.7. The molecule has 0 saturated carbocycles. The number of ether oxygens (including phenoxy) is 1. The minimum Gasteiger partial charge on any atom is -0.489 e. The predicted octanol–water partition coefficient (Wildman–Crippen LogP) is 3.98. The number of carbonyl (C=O) groups excluding carboxylic acids is 2. The van der Waals surface area contributed by atoms with Crippen molar-refractivity contribution >= 4 is 29.1 Å². The van der Waals surface area contributed by atoms with Crippen LogP contribution in [0.2, 0.25) is 5.02 Å². The first kappa shape index (κ1) is 20.9. The Bertz CT molecular complexity index is 1060. The summed E-state index contributed by atoms with van der Waals surface area (Å²) in [6.45, 7) is 1.19. The fourth-order valence-electron chi connectivity index (χ4n) is 3.46. The van der Waals surface area contributed by atoms with Gasteiger partial charge in [0, 0.05) is 48.2 Å². The van der Waals surface area contributed by atoms with Gasteiger partial charge in [0.2, 0.25) is 11.8 Å². The van der Waals surface area contributed by atoms with Gasteiger partial charge in [-0.1, -0.05) is 35.9 Å². The summed E-state index contributed by atoms with van der Waals surface area (Å²) >= 11 is 6.02. The molecule has 2 amide bonds. The highest BCUT2D eigenvalue weighted by atomic mass is 35.5. The first-order chi connectivity index (χ1) is 15.1. The molecule has 1 unspecified atom stereocenters. The molecule has 0 aliphatic carbocycles.